The Balaban J connectivity index is 2.55. The topological polar surface area (TPSA) is 50.3 Å². The normalized spacial score (nSPS) is 10.6. The third-order valence-electron chi connectivity index (χ3n) is 3.44. The zero-order chi connectivity index (χ0) is 15.4. The van der Waals surface area contributed by atoms with E-state index in [0.717, 1.165) is 28.6 Å². The van der Waals surface area contributed by atoms with Crippen molar-refractivity contribution in [3.05, 3.63) is 36.2 Å². The Kier molecular flexibility index (Phi) is 4.62. The fraction of sp³-hybridized carbons (Fsp3) is 0.375. The molecule has 0 saturated heterocycles. The highest BCUT2D eigenvalue weighted by atomic mass is 16.5. The van der Waals surface area contributed by atoms with Crippen molar-refractivity contribution in [1.29, 1.82) is 0 Å². The average Bonchev–Trinajstić information content (AvgIpc) is 2.53. The molecule has 0 aliphatic carbocycles. The lowest BCUT2D eigenvalue weighted by Crippen LogP contribution is -2.17. The highest BCUT2D eigenvalue weighted by Gasteiger charge is 2.19. The SMILES string of the molecule is CNc1ncnc(N(C)c2ccccc2OC)c1C(C)C. The predicted octanol–water partition coefficient (Wildman–Crippen LogP) is 3.42. The highest BCUT2D eigenvalue weighted by molar-refractivity contribution is 5.71. The van der Waals surface area contributed by atoms with E-state index in [0.29, 0.717) is 5.92 Å². The Morgan fingerprint density at radius 2 is 1.90 bits per heavy atom. The maximum Gasteiger partial charge on any atom is 0.142 e. The molecule has 0 radical (unpaired) electrons. The van der Waals surface area contributed by atoms with Crippen molar-refractivity contribution < 1.29 is 4.74 Å². The van der Waals surface area contributed by atoms with E-state index in [1.807, 2.05) is 43.3 Å². The van der Waals surface area contributed by atoms with Gasteiger partial charge in [-0.2, -0.15) is 0 Å². The molecule has 2 rings (SSSR count). The fourth-order valence-corrected chi connectivity index (χ4v) is 2.41. The van der Waals surface area contributed by atoms with Crippen molar-refractivity contribution in [3.63, 3.8) is 0 Å². The Hall–Kier alpha value is -2.30. The van der Waals surface area contributed by atoms with Gasteiger partial charge in [0, 0.05) is 19.7 Å². The number of para-hydroxylation sites is 2. The molecule has 0 aliphatic rings. The maximum absolute atomic E-state index is 5.44. The lowest BCUT2D eigenvalue weighted by molar-refractivity contribution is 0.415. The van der Waals surface area contributed by atoms with Crippen molar-refractivity contribution in [2.45, 2.75) is 19.8 Å². The molecule has 0 unspecified atom stereocenters. The van der Waals surface area contributed by atoms with Gasteiger partial charge in [0.25, 0.3) is 0 Å². The molecule has 0 atom stereocenters. The number of anilines is 3. The summed E-state index contributed by atoms with van der Waals surface area (Å²) in [6.45, 7) is 4.28. The van der Waals surface area contributed by atoms with Crippen LogP contribution in [0, 0.1) is 0 Å². The van der Waals surface area contributed by atoms with Gasteiger partial charge in [-0.1, -0.05) is 26.0 Å². The van der Waals surface area contributed by atoms with Crippen LogP contribution in [0.25, 0.3) is 0 Å². The fourth-order valence-electron chi connectivity index (χ4n) is 2.41. The Morgan fingerprint density at radius 3 is 2.52 bits per heavy atom. The van der Waals surface area contributed by atoms with Crippen LogP contribution in [-0.4, -0.2) is 31.2 Å². The first-order valence-corrected chi connectivity index (χ1v) is 6.99. The molecule has 0 saturated carbocycles. The molecule has 0 spiro atoms. The summed E-state index contributed by atoms with van der Waals surface area (Å²) in [6.07, 6.45) is 1.58. The lowest BCUT2D eigenvalue weighted by atomic mass is 10.0. The third-order valence-corrected chi connectivity index (χ3v) is 3.44. The van der Waals surface area contributed by atoms with Gasteiger partial charge in [-0.15, -0.1) is 0 Å². The molecule has 2 aromatic rings. The summed E-state index contributed by atoms with van der Waals surface area (Å²) >= 11 is 0. The third kappa shape index (κ3) is 2.91. The van der Waals surface area contributed by atoms with E-state index in [2.05, 4.69) is 29.1 Å². The van der Waals surface area contributed by atoms with Gasteiger partial charge in [0.05, 0.1) is 12.8 Å². The van der Waals surface area contributed by atoms with E-state index in [9.17, 15) is 0 Å². The summed E-state index contributed by atoms with van der Waals surface area (Å²) in [5, 5.41) is 3.14. The van der Waals surface area contributed by atoms with E-state index in [-0.39, 0.29) is 0 Å². The largest absolute Gasteiger partial charge is 0.495 e. The number of methoxy groups -OCH3 is 1. The average molecular weight is 286 g/mol. The quantitative estimate of drug-likeness (QED) is 0.912. The second-order valence-electron chi connectivity index (χ2n) is 5.10. The summed E-state index contributed by atoms with van der Waals surface area (Å²) < 4.78 is 5.44. The first kappa shape index (κ1) is 15.1. The van der Waals surface area contributed by atoms with Crippen LogP contribution < -0.4 is 15.0 Å². The van der Waals surface area contributed by atoms with Crippen molar-refractivity contribution >= 4 is 17.3 Å². The molecule has 0 aliphatic heterocycles. The van der Waals surface area contributed by atoms with Crippen LogP contribution in [-0.2, 0) is 0 Å². The lowest BCUT2D eigenvalue weighted by Gasteiger charge is -2.25. The first-order chi connectivity index (χ1) is 10.1. The van der Waals surface area contributed by atoms with Gasteiger partial charge >= 0.3 is 0 Å². The minimum atomic E-state index is 0.306. The number of aromatic nitrogens is 2. The minimum Gasteiger partial charge on any atom is -0.495 e. The standard InChI is InChI=1S/C16H22N4O/c1-11(2)14-15(17-3)18-10-19-16(14)20(4)12-8-6-7-9-13(12)21-5/h6-11H,1-5H3,(H,17,18,19). The summed E-state index contributed by atoms with van der Waals surface area (Å²) in [7, 11) is 5.54. The van der Waals surface area contributed by atoms with Crippen LogP contribution in [0.2, 0.25) is 0 Å². The molecule has 0 fully saturated rings. The van der Waals surface area contributed by atoms with Crippen LogP contribution in [0.3, 0.4) is 0 Å². The molecular formula is C16H22N4O. The maximum atomic E-state index is 5.44. The van der Waals surface area contributed by atoms with Crippen LogP contribution >= 0.6 is 0 Å². The first-order valence-electron chi connectivity index (χ1n) is 6.99. The van der Waals surface area contributed by atoms with E-state index in [4.69, 9.17) is 4.74 Å². The van der Waals surface area contributed by atoms with Crippen LogP contribution in [0.1, 0.15) is 25.3 Å². The second-order valence-corrected chi connectivity index (χ2v) is 5.10. The Labute approximate surface area is 126 Å². The highest BCUT2D eigenvalue weighted by Crippen LogP contribution is 2.37. The number of benzene rings is 1. The molecule has 1 aromatic carbocycles. The van der Waals surface area contributed by atoms with Gasteiger partial charge in [-0.05, 0) is 18.1 Å². The zero-order valence-corrected chi connectivity index (χ0v) is 13.2. The van der Waals surface area contributed by atoms with Crippen molar-refractivity contribution in [3.8, 4) is 5.75 Å². The minimum absolute atomic E-state index is 0.306. The van der Waals surface area contributed by atoms with Gasteiger partial charge in [0.15, 0.2) is 0 Å². The monoisotopic (exact) mass is 286 g/mol. The molecular weight excluding hydrogens is 264 g/mol. The molecule has 112 valence electrons. The Bertz CT molecular complexity index is 613. The van der Waals surface area contributed by atoms with Gasteiger partial charge in [0.2, 0.25) is 0 Å². The Morgan fingerprint density at radius 1 is 1.19 bits per heavy atom. The van der Waals surface area contributed by atoms with Crippen LogP contribution in [0.5, 0.6) is 5.75 Å². The number of rotatable bonds is 5. The number of nitrogens with one attached hydrogen (secondary N) is 1. The summed E-state index contributed by atoms with van der Waals surface area (Å²) in [5.41, 5.74) is 2.07. The number of hydrogen-bond acceptors (Lipinski definition) is 5. The molecule has 5 nitrogen and oxygen atoms in total. The molecule has 0 bridgehead atoms. The number of hydrogen-bond donors (Lipinski definition) is 1. The molecule has 0 amide bonds. The molecule has 1 N–H and O–H groups in total. The van der Waals surface area contributed by atoms with E-state index >= 15 is 0 Å². The van der Waals surface area contributed by atoms with Gasteiger partial charge in [0.1, 0.15) is 23.7 Å². The molecule has 21 heavy (non-hydrogen) atoms. The van der Waals surface area contributed by atoms with Gasteiger partial charge in [-0.25, -0.2) is 9.97 Å². The van der Waals surface area contributed by atoms with Crippen molar-refractivity contribution in [2.24, 2.45) is 0 Å². The number of ether oxygens (including phenoxy) is 1. The second kappa shape index (κ2) is 6.43. The van der Waals surface area contributed by atoms with Gasteiger partial charge in [-0.3, -0.25) is 0 Å². The van der Waals surface area contributed by atoms with E-state index < -0.39 is 0 Å². The van der Waals surface area contributed by atoms with Gasteiger partial charge < -0.3 is 15.0 Å². The van der Waals surface area contributed by atoms with E-state index in [1.54, 1.807) is 13.4 Å². The number of nitrogens with zero attached hydrogens (tertiary/aromatic N) is 3. The molecule has 1 aromatic heterocycles. The van der Waals surface area contributed by atoms with E-state index in [1.165, 1.54) is 0 Å². The van der Waals surface area contributed by atoms with Crippen LogP contribution in [0.15, 0.2) is 30.6 Å². The van der Waals surface area contributed by atoms with Crippen molar-refractivity contribution in [2.75, 3.05) is 31.4 Å². The van der Waals surface area contributed by atoms with Crippen molar-refractivity contribution in [1.82, 2.24) is 9.97 Å². The zero-order valence-electron chi connectivity index (χ0n) is 13.2. The summed E-state index contributed by atoms with van der Waals surface area (Å²) in [5.74, 6) is 2.87. The molecule has 5 heteroatoms. The molecule has 1 heterocycles. The van der Waals surface area contributed by atoms with Crippen LogP contribution in [0.4, 0.5) is 17.3 Å². The predicted molar refractivity (Wildman–Crippen MR) is 86.7 cm³/mol. The summed E-state index contributed by atoms with van der Waals surface area (Å²) in [6, 6.07) is 7.91. The summed E-state index contributed by atoms with van der Waals surface area (Å²) in [4.78, 5) is 10.8. The smallest absolute Gasteiger partial charge is 0.142 e.